The number of carbonyl (C=O) groups is 1. The van der Waals surface area contributed by atoms with E-state index in [2.05, 4.69) is 30.7 Å². The number of amides is 1. The SMILES string of the molecule is CCCCN(C)C(=O)c1cncc(N(CC)CC)c1. The molecule has 0 unspecified atom stereocenters. The van der Waals surface area contributed by atoms with E-state index in [4.69, 9.17) is 0 Å². The third-order valence-electron chi connectivity index (χ3n) is 3.29. The zero-order chi connectivity index (χ0) is 14.3. The first kappa shape index (κ1) is 15.5. The summed E-state index contributed by atoms with van der Waals surface area (Å²) >= 11 is 0. The Bertz CT molecular complexity index is 402. The van der Waals surface area contributed by atoms with E-state index >= 15 is 0 Å². The summed E-state index contributed by atoms with van der Waals surface area (Å²) in [6.45, 7) is 8.96. The summed E-state index contributed by atoms with van der Waals surface area (Å²) in [5.74, 6) is 0.0509. The van der Waals surface area contributed by atoms with E-state index in [9.17, 15) is 4.79 Å². The lowest BCUT2D eigenvalue weighted by molar-refractivity contribution is 0.0793. The van der Waals surface area contributed by atoms with Crippen LogP contribution in [0, 0.1) is 0 Å². The van der Waals surface area contributed by atoms with E-state index in [0.29, 0.717) is 5.56 Å². The van der Waals surface area contributed by atoms with Gasteiger partial charge in [-0.1, -0.05) is 13.3 Å². The predicted octanol–water partition coefficient (Wildman–Crippen LogP) is 2.80. The first-order valence-electron chi connectivity index (χ1n) is 7.09. The van der Waals surface area contributed by atoms with Gasteiger partial charge < -0.3 is 9.80 Å². The Morgan fingerprint density at radius 2 is 1.89 bits per heavy atom. The van der Waals surface area contributed by atoms with Crippen LogP contribution in [0.4, 0.5) is 5.69 Å². The normalized spacial score (nSPS) is 10.3. The average molecular weight is 263 g/mol. The number of anilines is 1. The van der Waals surface area contributed by atoms with Crippen LogP contribution in [0.25, 0.3) is 0 Å². The molecule has 1 aromatic rings. The Morgan fingerprint density at radius 1 is 1.21 bits per heavy atom. The molecule has 1 heterocycles. The van der Waals surface area contributed by atoms with Crippen LogP contribution in [0.1, 0.15) is 44.0 Å². The second kappa shape index (κ2) is 7.77. The molecule has 0 spiro atoms. The smallest absolute Gasteiger partial charge is 0.255 e. The molecule has 0 aliphatic heterocycles. The minimum atomic E-state index is 0.0509. The van der Waals surface area contributed by atoms with Crippen LogP contribution in [0.5, 0.6) is 0 Å². The van der Waals surface area contributed by atoms with Crippen molar-refractivity contribution in [1.82, 2.24) is 9.88 Å². The van der Waals surface area contributed by atoms with Gasteiger partial charge in [0.15, 0.2) is 0 Å². The molecule has 0 radical (unpaired) electrons. The van der Waals surface area contributed by atoms with Crippen LogP contribution in [-0.2, 0) is 0 Å². The molecule has 0 aliphatic carbocycles. The Hall–Kier alpha value is -1.58. The molecule has 0 atom stereocenters. The monoisotopic (exact) mass is 263 g/mol. The van der Waals surface area contributed by atoms with Crippen molar-refractivity contribution in [2.45, 2.75) is 33.6 Å². The molecule has 1 rings (SSSR count). The van der Waals surface area contributed by atoms with E-state index in [0.717, 1.165) is 38.2 Å². The summed E-state index contributed by atoms with van der Waals surface area (Å²) in [5, 5.41) is 0. The number of pyridine rings is 1. The van der Waals surface area contributed by atoms with Gasteiger partial charge in [-0.3, -0.25) is 9.78 Å². The molecule has 4 nitrogen and oxygen atoms in total. The van der Waals surface area contributed by atoms with E-state index in [1.165, 1.54) is 0 Å². The first-order valence-corrected chi connectivity index (χ1v) is 7.09. The topological polar surface area (TPSA) is 36.4 Å². The standard InChI is InChI=1S/C15H25N3O/c1-5-8-9-17(4)15(19)13-10-14(12-16-11-13)18(6-2)7-3/h10-12H,5-9H2,1-4H3. The van der Waals surface area contributed by atoms with Crippen molar-refractivity contribution >= 4 is 11.6 Å². The molecule has 19 heavy (non-hydrogen) atoms. The largest absolute Gasteiger partial charge is 0.371 e. The summed E-state index contributed by atoms with van der Waals surface area (Å²) in [7, 11) is 1.85. The highest BCUT2D eigenvalue weighted by atomic mass is 16.2. The lowest BCUT2D eigenvalue weighted by atomic mass is 10.2. The molecule has 106 valence electrons. The van der Waals surface area contributed by atoms with E-state index in [-0.39, 0.29) is 5.91 Å². The van der Waals surface area contributed by atoms with Crippen molar-refractivity contribution in [2.24, 2.45) is 0 Å². The van der Waals surface area contributed by atoms with Crippen LogP contribution in [-0.4, -0.2) is 42.5 Å². The molecule has 1 aromatic heterocycles. The lowest BCUT2D eigenvalue weighted by Gasteiger charge is -2.22. The van der Waals surface area contributed by atoms with E-state index in [1.807, 2.05) is 19.3 Å². The third-order valence-corrected chi connectivity index (χ3v) is 3.29. The number of unbranched alkanes of at least 4 members (excludes halogenated alkanes) is 1. The van der Waals surface area contributed by atoms with Gasteiger partial charge in [0.2, 0.25) is 0 Å². The summed E-state index contributed by atoms with van der Waals surface area (Å²) in [6.07, 6.45) is 5.59. The van der Waals surface area contributed by atoms with Gasteiger partial charge in [-0.2, -0.15) is 0 Å². The number of nitrogens with zero attached hydrogens (tertiary/aromatic N) is 3. The molecular weight excluding hydrogens is 238 g/mol. The second-order valence-electron chi connectivity index (χ2n) is 4.68. The van der Waals surface area contributed by atoms with E-state index < -0.39 is 0 Å². The minimum Gasteiger partial charge on any atom is -0.371 e. The van der Waals surface area contributed by atoms with Gasteiger partial charge >= 0.3 is 0 Å². The van der Waals surface area contributed by atoms with Gasteiger partial charge in [0.25, 0.3) is 5.91 Å². The van der Waals surface area contributed by atoms with Crippen molar-refractivity contribution in [2.75, 3.05) is 31.6 Å². The Kier molecular flexibility index (Phi) is 6.33. The zero-order valence-electron chi connectivity index (χ0n) is 12.5. The Balaban J connectivity index is 2.83. The van der Waals surface area contributed by atoms with Gasteiger partial charge in [0, 0.05) is 32.9 Å². The highest BCUT2D eigenvalue weighted by Crippen LogP contribution is 2.15. The van der Waals surface area contributed by atoms with Crippen molar-refractivity contribution in [1.29, 1.82) is 0 Å². The van der Waals surface area contributed by atoms with Gasteiger partial charge in [-0.05, 0) is 26.3 Å². The molecule has 0 bridgehead atoms. The fraction of sp³-hybridized carbons (Fsp3) is 0.600. The van der Waals surface area contributed by atoms with Gasteiger partial charge in [-0.15, -0.1) is 0 Å². The third kappa shape index (κ3) is 4.23. The maximum atomic E-state index is 12.3. The number of rotatable bonds is 7. The number of aromatic nitrogens is 1. The molecule has 0 saturated heterocycles. The van der Waals surface area contributed by atoms with Crippen molar-refractivity contribution in [3.63, 3.8) is 0 Å². The molecule has 0 aromatic carbocycles. The Labute approximate surface area is 116 Å². The molecule has 0 fully saturated rings. The van der Waals surface area contributed by atoms with Gasteiger partial charge in [0.05, 0.1) is 17.4 Å². The second-order valence-corrected chi connectivity index (χ2v) is 4.68. The average Bonchev–Trinajstić information content (AvgIpc) is 2.45. The maximum Gasteiger partial charge on any atom is 0.255 e. The van der Waals surface area contributed by atoms with E-state index in [1.54, 1.807) is 11.1 Å². The number of hydrogen-bond acceptors (Lipinski definition) is 3. The Morgan fingerprint density at radius 3 is 2.47 bits per heavy atom. The highest BCUT2D eigenvalue weighted by molar-refractivity contribution is 5.94. The van der Waals surface area contributed by atoms with Crippen molar-refractivity contribution in [3.05, 3.63) is 24.0 Å². The zero-order valence-corrected chi connectivity index (χ0v) is 12.5. The summed E-state index contributed by atoms with van der Waals surface area (Å²) in [6, 6.07) is 1.94. The van der Waals surface area contributed by atoms with Gasteiger partial charge in [-0.25, -0.2) is 0 Å². The van der Waals surface area contributed by atoms with Crippen LogP contribution in [0.3, 0.4) is 0 Å². The summed E-state index contributed by atoms with van der Waals surface area (Å²) < 4.78 is 0. The molecule has 0 aliphatic rings. The molecule has 0 saturated carbocycles. The van der Waals surface area contributed by atoms with Crippen molar-refractivity contribution < 1.29 is 4.79 Å². The highest BCUT2D eigenvalue weighted by Gasteiger charge is 2.13. The fourth-order valence-electron chi connectivity index (χ4n) is 2.02. The maximum absolute atomic E-state index is 12.3. The van der Waals surface area contributed by atoms with Crippen LogP contribution >= 0.6 is 0 Å². The predicted molar refractivity (Wildman–Crippen MR) is 79.7 cm³/mol. The summed E-state index contributed by atoms with van der Waals surface area (Å²) in [4.78, 5) is 20.4. The minimum absolute atomic E-state index is 0.0509. The molecular formula is C15H25N3O. The van der Waals surface area contributed by atoms with Crippen LogP contribution in [0.15, 0.2) is 18.5 Å². The van der Waals surface area contributed by atoms with Crippen LogP contribution < -0.4 is 4.90 Å². The fourth-order valence-corrected chi connectivity index (χ4v) is 2.02. The lowest BCUT2D eigenvalue weighted by Crippen LogP contribution is -2.28. The first-order chi connectivity index (χ1) is 9.13. The molecule has 4 heteroatoms. The van der Waals surface area contributed by atoms with Crippen LogP contribution in [0.2, 0.25) is 0 Å². The quantitative estimate of drug-likeness (QED) is 0.759. The molecule has 1 amide bonds. The summed E-state index contributed by atoms with van der Waals surface area (Å²) in [5.41, 5.74) is 1.68. The number of hydrogen-bond donors (Lipinski definition) is 0. The van der Waals surface area contributed by atoms with Gasteiger partial charge in [0.1, 0.15) is 0 Å². The van der Waals surface area contributed by atoms with Crippen molar-refractivity contribution in [3.8, 4) is 0 Å². The molecule has 0 N–H and O–H groups in total. The number of carbonyl (C=O) groups excluding carboxylic acids is 1.